The molecule has 1 aliphatic heterocycles. The number of likely N-dealkylation sites (tertiary alicyclic amines) is 1. The summed E-state index contributed by atoms with van der Waals surface area (Å²) >= 11 is 0. The van der Waals surface area contributed by atoms with Gasteiger partial charge in [-0.3, -0.25) is 9.59 Å². The molecule has 1 aromatic rings. The molecular formula is C15H21N3O3. The van der Waals surface area contributed by atoms with Gasteiger partial charge in [-0.1, -0.05) is 0 Å². The van der Waals surface area contributed by atoms with Crippen LogP contribution in [0.3, 0.4) is 0 Å². The number of nitrogens with zero attached hydrogens (tertiary/aromatic N) is 3. The molecule has 0 aromatic carbocycles. The van der Waals surface area contributed by atoms with E-state index in [0.29, 0.717) is 6.54 Å². The highest BCUT2D eigenvalue weighted by Gasteiger charge is 2.30. The van der Waals surface area contributed by atoms with Crippen molar-refractivity contribution in [3.05, 3.63) is 23.9 Å². The number of aliphatic carboxylic acids is 1. The molecule has 2 rings (SSSR count). The van der Waals surface area contributed by atoms with Crippen molar-refractivity contribution in [1.82, 2.24) is 9.88 Å². The monoisotopic (exact) mass is 291 g/mol. The van der Waals surface area contributed by atoms with Gasteiger partial charge in [-0.2, -0.15) is 0 Å². The zero-order valence-electron chi connectivity index (χ0n) is 12.5. The topological polar surface area (TPSA) is 73.7 Å². The van der Waals surface area contributed by atoms with Crippen LogP contribution in [0.25, 0.3) is 0 Å². The second-order valence-electron chi connectivity index (χ2n) is 5.48. The number of hydrogen-bond donors (Lipinski definition) is 1. The van der Waals surface area contributed by atoms with E-state index in [0.717, 1.165) is 24.2 Å². The molecule has 1 aromatic heterocycles. The van der Waals surface area contributed by atoms with Crippen molar-refractivity contribution in [2.45, 2.75) is 31.7 Å². The minimum atomic E-state index is -0.932. The number of aromatic nitrogens is 1. The highest BCUT2D eigenvalue weighted by Crippen LogP contribution is 2.33. The van der Waals surface area contributed by atoms with Gasteiger partial charge in [0, 0.05) is 33.3 Å². The third kappa shape index (κ3) is 3.71. The lowest BCUT2D eigenvalue weighted by Gasteiger charge is -2.25. The second-order valence-corrected chi connectivity index (χ2v) is 5.48. The minimum absolute atomic E-state index is 0.0352. The molecule has 0 aliphatic carbocycles. The highest BCUT2D eigenvalue weighted by atomic mass is 16.4. The van der Waals surface area contributed by atoms with Crippen LogP contribution >= 0.6 is 0 Å². The molecule has 6 heteroatoms. The molecule has 1 aliphatic rings. The third-order valence-electron chi connectivity index (χ3n) is 3.74. The molecule has 114 valence electrons. The van der Waals surface area contributed by atoms with Gasteiger partial charge in [-0.05, 0) is 30.5 Å². The summed E-state index contributed by atoms with van der Waals surface area (Å²) in [6.07, 6.45) is 3.57. The predicted molar refractivity (Wildman–Crippen MR) is 79.1 cm³/mol. The molecule has 6 nitrogen and oxygen atoms in total. The van der Waals surface area contributed by atoms with E-state index in [2.05, 4.69) is 4.98 Å². The number of anilines is 1. The Morgan fingerprint density at radius 1 is 1.43 bits per heavy atom. The molecule has 1 fully saturated rings. The summed E-state index contributed by atoms with van der Waals surface area (Å²) in [6.45, 7) is 0.697. The van der Waals surface area contributed by atoms with E-state index in [9.17, 15) is 9.59 Å². The molecule has 2 heterocycles. The van der Waals surface area contributed by atoms with Crippen molar-refractivity contribution < 1.29 is 14.7 Å². The smallest absolute Gasteiger partial charge is 0.303 e. The van der Waals surface area contributed by atoms with E-state index in [4.69, 9.17) is 5.11 Å². The Morgan fingerprint density at radius 2 is 2.19 bits per heavy atom. The third-order valence-corrected chi connectivity index (χ3v) is 3.74. The van der Waals surface area contributed by atoms with Gasteiger partial charge >= 0.3 is 5.97 Å². The Morgan fingerprint density at radius 3 is 2.86 bits per heavy atom. The first-order chi connectivity index (χ1) is 9.99. The first-order valence-corrected chi connectivity index (χ1v) is 7.13. The van der Waals surface area contributed by atoms with Gasteiger partial charge in [-0.15, -0.1) is 0 Å². The summed E-state index contributed by atoms with van der Waals surface area (Å²) in [6, 6.07) is 3.96. The fraction of sp³-hybridized carbons (Fsp3) is 0.533. The summed E-state index contributed by atoms with van der Waals surface area (Å²) < 4.78 is 0. The van der Waals surface area contributed by atoms with Gasteiger partial charge in [-0.25, -0.2) is 4.98 Å². The summed E-state index contributed by atoms with van der Waals surface area (Å²) in [7, 11) is 3.85. The number of rotatable bonds is 5. The number of carbonyl (C=O) groups is 2. The van der Waals surface area contributed by atoms with Gasteiger partial charge in [0.1, 0.15) is 5.82 Å². The van der Waals surface area contributed by atoms with Crippen LogP contribution in [-0.4, -0.2) is 47.5 Å². The van der Waals surface area contributed by atoms with Crippen LogP contribution in [0.5, 0.6) is 0 Å². The Bertz CT molecular complexity index is 531. The average Bonchev–Trinajstić information content (AvgIpc) is 2.94. The van der Waals surface area contributed by atoms with Crippen molar-refractivity contribution in [1.29, 1.82) is 0 Å². The normalized spacial score (nSPS) is 17.8. The van der Waals surface area contributed by atoms with Crippen molar-refractivity contribution in [3.63, 3.8) is 0 Å². The fourth-order valence-corrected chi connectivity index (χ4v) is 2.66. The molecule has 0 unspecified atom stereocenters. The maximum absolute atomic E-state index is 12.2. The van der Waals surface area contributed by atoms with Gasteiger partial charge in [0.05, 0.1) is 12.5 Å². The lowest BCUT2D eigenvalue weighted by Crippen LogP contribution is -2.30. The van der Waals surface area contributed by atoms with Crippen LogP contribution in [0.2, 0.25) is 0 Å². The van der Waals surface area contributed by atoms with E-state index in [1.165, 1.54) is 0 Å². The lowest BCUT2D eigenvalue weighted by atomic mass is 10.1. The van der Waals surface area contributed by atoms with Gasteiger partial charge in [0.15, 0.2) is 0 Å². The van der Waals surface area contributed by atoms with E-state index in [1.54, 1.807) is 11.1 Å². The first-order valence-electron chi connectivity index (χ1n) is 7.13. The summed E-state index contributed by atoms with van der Waals surface area (Å²) in [4.78, 5) is 30.8. The lowest BCUT2D eigenvalue weighted by molar-refractivity contribution is -0.141. The van der Waals surface area contributed by atoms with Crippen LogP contribution in [0, 0.1) is 0 Å². The van der Waals surface area contributed by atoms with E-state index < -0.39 is 5.97 Å². The maximum Gasteiger partial charge on any atom is 0.303 e. The Labute approximate surface area is 124 Å². The Kier molecular flexibility index (Phi) is 4.77. The van der Waals surface area contributed by atoms with Gasteiger partial charge < -0.3 is 14.9 Å². The minimum Gasteiger partial charge on any atom is -0.481 e. The first kappa shape index (κ1) is 15.3. The van der Waals surface area contributed by atoms with Crippen LogP contribution < -0.4 is 4.90 Å². The largest absolute Gasteiger partial charge is 0.481 e. The van der Waals surface area contributed by atoms with Crippen molar-refractivity contribution >= 4 is 17.7 Å². The van der Waals surface area contributed by atoms with Crippen LogP contribution in [-0.2, 0) is 9.59 Å². The average molecular weight is 291 g/mol. The summed E-state index contributed by atoms with van der Waals surface area (Å²) in [5, 5.41) is 8.70. The molecule has 1 N–H and O–H groups in total. The number of carboxylic acid groups (broad SMARTS) is 1. The number of carbonyl (C=O) groups excluding carboxylic acids is 1. The van der Waals surface area contributed by atoms with E-state index >= 15 is 0 Å². The standard InChI is InChI=1S/C15H21N3O3/c1-17(2)13-10-11(7-8-16-13)12-4-3-9-18(12)14(19)5-6-15(20)21/h7-8,10,12H,3-6,9H2,1-2H3,(H,20,21)/t12-/m1/s1. The van der Waals surface area contributed by atoms with Crippen molar-refractivity contribution in [2.24, 2.45) is 0 Å². The second kappa shape index (κ2) is 6.56. The molecule has 1 amide bonds. The quantitative estimate of drug-likeness (QED) is 0.893. The number of amides is 1. The van der Waals surface area contributed by atoms with Crippen molar-refractivity contribution in [2.75, 3.05) is 25.5 Å². The molecule has 0 radical (unpaired) electrons. The zero-order valence-corrected chi connectivity index (χ0v) is 12.5. The molecular weight excluding hydrogens is 270 g/mol. The number of carboxylic acids is 1. The summed E-state index contributed by atoms with van der Waals surface area (Å²) in [5.41, 5.74) is 1.06. The Balaban J connectivity index is 2.12. The van der Waals surface area contributed by atoms with Crippen LogP contribution in [0.15, 0.2) is 18.3 Å². The Hall–Kier alpha value is -2.11. The SMILES string of the molecule is CN(C)c1cc([C@H]2CCCN2C(=O)CCC(=O)O)ccn1. The van der Waals surface area contributed by atoms with Gasteiger partial charge in [0.25, 0.3) is 0 Å². The maximum atomic E-state index is 12.2. The van der Waals surface area contributed by atoms with Crippen LogP contribution in [0.4, 0.5) is 5.82 Å². The molecule has 0 bridgehead atoms. The summed E-state index contributed by atoms with van der Waals surface area (Å²) in [5.74, 6) is -0.154. The molecule has 21 heavy (non-hydrogen) atoms. The molecule has 0 saturated carbocycles. The number of pyridine rings is 1. The molecule has 1 atom stereocenters. The van der Waals surface area contributed by atoms with Crippen LogP contribution in [0.1, 0.15) is 37.3 Å². The van der Waals surface area contributed by atoms with E-state index in [-0.39, 0.29) is 24.8 Å². The van der Waals surface area contributed by atoms with Crippen molar-refractivity contribution in [3.8, 4) is 0 Å². The zero-order chi connectivity index (χ0) is 15.4. The number of hydrogen-bond acceptors (Lipinski definition) is 4. The molecule has 0 spiro atoms. The van der Waals surface area contributed by atoms with Gasteiger partial charge in [0.2, 0.25) is 5.91 Å². The van der Waals surface area contributed by atoms with E-state index in [1.807, 2.05) is 31.1 Å². The fourth-order valence-electron chi connectivity index (χ4n) is 2.66. The highest BCUT2D eigenvalue weighted by molar-refractivity contribution is 5.81. The predicted octanol–water partition coefficient (Wildman–Crippen LogP) is 1.68. The molecule has 1 saturated heterocycles.